The molecule has 0 unspecified atom stereocenters. The van der Waals surface area contributed by atoms with Gasteiger partial charge in [-0.15, -0.1) is 0 Å². The van der Waals surface area contributed by atoms with Crippen molar-refractivity contribution in [1.82, 2.24) is 0 Å². The second-order valence-electron chi connectivity index (χ2n) is 6.11. The largest absolute Gasteiger partial charge is 0.326 e. The van der Waals surface area contributed by atoms with Crippen molar-refractivity contribution in [1.29, 1.82) is 5.26 Å². The lowest BCUT2D eigenvalue weighted by Crippen LogP contribution is -2.33. The third-order valence-corrected chi connectivity index (χ3v) is 5.05. The van der Waals surface area contributed by atoms with Crippen LogP contribution >= 0.6 is 0 Å². The van der Waals surface area contributed by atoms with E-state index in [9.17, 15) is 13.2 Å². The number of nitrogens with one attached hydrogen (secondary N) is 1. The fraction of sp³-hybridized carbons (Fsp3) is 0.263. The number of carbonyl (C=O) groups excluding carboxylic acids is 1. The van der Waals surface area contributed by atoms with Crippen LogP contribution in [0.1, 0.15) is 23.1 Å². The quantitative estimate of drug-likeness (QED) is 0.845. The Morgan fingerprint density at radius 3 is 2.38 bits per heavy atom. The molecule has 0 bridgehead atoms. The van der Waals surface area contributed by atoms with Gasteiger partial charge in [0, 0.05) is 18.7 Å². The zero-order chi connectivity index (χ0) is 19.3. The molecule has 0 radical (unpaired) electrons. The van der Waals surface area contributed by atoms with E-state index in [0.717, 1.165) is 17.4 Å². The van der Waals surface area contributed by atoms with Crippen molar-refractivity contribution in [3.8, 4) is 6.07 Å². The number of hydrogen-bond acceptors (Lipinski definition) is 4. The van der Waals surface area contributed by atoms with Crippen LogP contribution in [0.3, 0.4) is 0 Å². The highest BCUT2D eigenvalue weighted by molar-refractivity contribution is 7.92. The summed E-state index contributed by atoms with van der Waals surface area (Å²) >= 11 is 0. The molecule has 0 spiro atoms. The van der Waals surface area contributed by atoms with Crippen LogP contribution in [-0.2, 0) is 14.8 Å². The fourth-order valence-electron chi connectivity index (χ4n) is 2.51. The zero-order valence-electron chi connectivity index (χ0n) is 15.0. The number of benzene rings is 2. The average molecular weight is 371 g/mol. The molecule has 2 aromatic carbocycles. The SMILES string of the molecule is Cc1ccc(C)c(N(CCC(=O)Nc2ccc(C#N)cc2)S(C)(=O)=O)c1. The Morgan fingerprint density at radius 1 is 1.15 bits per heavy atom. The zero-order valence-corrected chi connectivity index (χ0v) is 15.8. The molecule has 0 heterocycles. The van der Waals surface area contributed by atoms with Crippen LogP contribution in [0.4, 0.5) is 11.4 Å². The summed E-state index contributed by atoms with van der Waals surface area (Å²) in [5, 5.41) is 11.5. The summed E-state index contributed by atoms with van der Waals surface area (Å²) in [6, 6.07) is 14.1. The average Bonchev–Trinajstić information content (AvgIpc) is 2.57. The first kappa shape index (κ1) is 19.5. The molecule has 2 aromatic rings. The first-order valence-electron chi connectivity index (χ1n) is 8.05. The predicted octanol–water partition coefficient (Wildman–Crippen LogP) is 2.97. The van der Waals surface area contributed by atoms with E-state index in [0.29, 0.717) is 16.9 Å². The molecule has 1 amide bonds. The minimum absolute atomic E-state index is 0.0143. The summed E-state index contributed by atoms with van der Waals surface area (Å²) < 4.78 is 25.7. The summed E-state index contributed by atoms with van der Waals surface area (Å²) in [4.78, 5) is 12.2. The van der Waals surface area contributed by atoms with Gasteiger partial charge in [-0.05, 0) is 55.3 Å². The fourth-order valence-corrected chi connectivity index (χ4v) is 3.48. The molecule has 0 saturated heterocycles. The molecule has 0 aromatic heterocycles. The van der Waals surface area contributed by atoms with Crippen molar-refractivity contribution in [2.24, 2.45) is 0 Å². The maximum Gasteiger partial charge on any atom is 0.232 e. The Bertz CT molecular complexity index is 945. The summed E-state index contributed by atoms with van der Waals surface area (Å²) in [6.45, 7) is 3.77. The maximum absolute atomic E-state index is 12.2. The smallest absolute Gasteiger partial charge is 0.232 e. The molecule has 7 heteroatoms. The molecule has 6 nitrogen and oxygen atoms in total. The number of rotatable bonds is 6. The Hall–Kier alpha value is -2.85. The van der Waals surface area contributed by atoms with Gasteiger partial charge >= 0.3 is 0 Å². The molecule has 136 valence electrons. The number of anilines is 2. The molecular weight excluding hydrogens is 350 g/mol. The monoisotopic (exact) mass is 371 g/mol. The highest BCUT2D eigenvalue weighted by Crippen LogP contribution is 2.24. The van der Waals surface area contributed by atoms with E-state index in [4.69, 9.17) is 5.26 Å². The summed E-state index contributed by atoms with van der Waals surface area (Å²) in [7, 11) is -3.52. The van der Waals surface area contributed by atoms with E-state index in [1.807, 2.05) is 32.0 Å². The van der Waals surface area contributed by atoms with Crippen LogP contribution in [0.2, 0.25) is 0 Å². The van der Waals surface area contributed by atoms with Crippen LogP contribution < -0.4 is 9.62 Å². The molecule has 1 N–H and O–H groups in total. The minimum atomic E-state index is -3.52. The van der Waals surface area contributed by atoms with Gasteiger partial charge in [0.2, 0.25) is 15.9 Å². The minimum Gasteiger partial charge on any atom is -0.326 e. The second-order valence-corrected chi connectivity index (χ2v) is 8.02. The molecule has 0 fully saturated rings. The van der Waals surface area contributed by atoms with Crippen LogP contribution in [0, 0.1) is 25.2 Å². The Morgan fingerprint density at radius 2 is 1.81 bits per heavy atom. The second kappa shape index (κ2) is 8.02. The Labute approximate surface area is 154 Å². The van der Waals surface area contributed by atoms with Gasteiger partial charge in [-0.3, -0.25) is 9.10 Å². The van der Waals surface area contributed by atoms with Gasteiger partial charge in [0.1, 0.15) is 0 Å². The number of nitrogens with zero attached hydrogens (tertiary/aromatic N) is 2. The Kier molecular flexibility index (Phi) is 6.01. The van der Waals surface area contributed by atoms with Crippen molar-refractivity contribution in [2.75, 3.05) is 22.4 Å². The molecule has 26 heavy (non-hydrogen) atoms. The number of amides is 1. The third-order valence-electron chi connectivity index (χ3n) is 3.87. The lowest BCUT2D eigenvalue weighted by molar-refractivity contribution is -0.116. The van der Waals surface area contributed by atoms with Crippen molar-refractivity contribution in [3.05, 3.63) is 59.2 Å². The standard InChI is InChI=1S/C19H21N3O3S/c1-14-4-5-15(2)18(12-14)22(26(3,24)25)11-10-19(23)21-17-8-6-16(13-20)7-9-17/h4-9,12H,10-11H2,1-3H3,(H,21,23). The molecular formula is C19H21N3O3S. The number of aryl methyl sites for hydroxylation is 2. The molecule has 2 rings (SSSR count). The van der Waals surface area contributed by atoms with Crippen LogP contribution in [0.25, 0.3) is 0 Å². The molecule has 0 saturated carbocycles. The lowest BCUT2D eigenvalue weighted by Gasteiger charge is -2.24. The topological polar surface area (TPSA) is 90.3 Å². The van der Waals surface area contributed by atoms with Gasteiger partial charge in [0.05, 0.1) is 23.6 Å². The van der Waals surface area contributed by atoms with E-state index in [-0.39, 0.29) is 18.9 Å². The number of sulfonamides is 1. The van der Waals surface area contributed by atoms with E-state index in [1.54, 1.807) is 30.3 Å². The van der Waals surface area contributed by atoms with Crippen molar-refractivity contribution < 1.29 is 13.2 Å². The first-order valence-corrected chi connectivity index (χ1v) is 9.90. The Balaban J connectivity index is 2.11. The van der Waals surface area contributed by atoms with Gasteiger partial charge in [0.15, 0.2) is 0 Å². The van der Waals surface area contributed by atoms with Gasteiger partial charge in [0.25, 0.3) is 0 Å². The van der Waals surface area contributed by atoms with E-state index >= 15 is 0 Å². The van der Waals surface area contributed by atoms with Gasteiger partial charge in [-0.1, -0.05) is 12.1 Å². The normalized spacial score (nSPS) is 10.8. The van der Waals surface area contributed by atoms with Gasteiger partial charge in [-0.25, -0.2) is 8.42 Å². The number of carbonyl (C=O) groups is 1. The number of nitriles is 1. The molecule has 0 aliphatic carbocycles. The summed E-state index contributed by atoms with van der Waals surface area (Å²) in [5.41, 5.74) is 3.42. The van der Waals surface area contributed by atoms with E-state index in [2.05, 4.69) is 5.32 Å². The van der Waals surface area contributed by atoms with Gasteiger partial charge < -0.3 is 5.32 Å². The molecule has 0 aliphatic heterocycles. The van der Waals surface area contributed by atoms with Crippen LogP contribution in [0.5, 0.6) is 0 Å². The highest BCUT2D eigenvalue weighted by atomic mass is 32.2. The predicted molar refractivity (Wildman–Crippen MR) is 103 cm³/mol. The number of hydrogen-bond donors (Lipinski definition) is 1. The van der Waals surface area contributed by atoms with Crippen LogP contribution in [-0.4, -0.2) is 27.1 Å². The van der Waals surface area contributed by atoms with Crippen molar-refractivity contribution in [3.63, 3.8) is 0 Å². The molecule has 0 aliphatic rings. The maximum atomic E-state index is 12.2. The summed E-state index contributed by atoms with van der Waals surface area (Å²) in [6.07, 6.45) is 1.15. The van der Waals surface area contributed by atoms with Crippen LogP contribution in [0.15, 0.2) is 42.5 Å². The molecule has 0 atom stereocenters. The van der Waals surface area contributed by atoms with E-state index < -0.39 is 10.0 Å². The van der Waals surface area contributed by atoms with E-state index in [1.165, 1.54) is 4.31 Å². The van der Waals surface area contributed by atoms with Gasteiger partial charge in [-0.2, -0.15) is 5.26 Å². The lowest BCUT2D eigenvalue weighted by atomic mass is 10.1. The third kappa shape index (κ3) is 5.07. The van der Waals surface area contributed by atoms with Crippen molar-refractivity contribution >= 4 is 27.3 Å². The highest BCUT2D eigenvalue weighted by Gasteiger charge is 2.20. The van der Waals surface area contributed by atoms with Crippen molar-refractivity contribution in [2.45, 2.75) is 20.3 Å². The summed E-state index contributed by atoms with van der Waals surface area (Å²) in [5.74, 6) is -0.298. The first-order chi connectivity index (χ1) is 12.2.